The van der Waals surface area contributed by atoms with Crippen LogP contribution in [0.15, 0.2) is 54.6 Å². The average molecular weight is 878 g/mol. The van der Waals surface area contributed by atoms with Crippen molar-refractivity contribution in [2.45, 2.75) is 133 Å². The first-order chi connectivity index (χ1) is 30.3. The second-order valence-electron chi connectivity index (χ2n) is 17.0. The van der Waals surface area contributed by atoms with Crippen LogP contribution in [0.5, 0.6) is 0 Å². The van der Waals surface area contributed by atoms with Crippen molar-refractivity contribution in [2.24, 2.45) is 17.6 Å². The maximum absolute atomic E-state index is 16.4. The lowest BCUT2D eigenvalue weighted by Gasteiger charge is -2.49. The van der Waals surface area contributed by atoms with Crippen LogP contribution < -0.4 is 27.0 Å². The number of carbonyl (C=O) groups is 7. The lowest BCUT2D eigenvalue weighted by molar-refractivity contribution is -0.169. The minimum absolute atomic E-state index is 0.00614. The van der Waals surface area contributed by atoms with Gasteiger partial charge in [0.25, 0.3) is 5.91 Å². The zero-order chi connectivity index (χ0) is 45.3. The quantitative estimate of drug-likeness (QED) is 0.184. The Morgan fingerprint density at radius 3 is 2.34 bits per heavy atom. The zero-order valence-electron chi connectivity index (χ0n) is 36.8. The standard InChI is InChI=1S/C46H62ClN7O8/c1-3-29(2)38-39(55)32(18-13-23-48)46(40(56)34-20-9-11-24-49-34,54(43(59)35-21-10-12-25-50-35)45(61)62-28-31-17-7-8-19-33(31)47)44(60)53-26-14-22-37(53)42(58)51-36(41(57)52-38)27-30-15-5-4-6-16-30/h4-8,15-17,19,29,32,34-38,49-50H,3,9-14,18,20-28,48H2,1-2H3,(H,51,58)(H,52,57)/t29-,32?,34+,35-,36+,37-,38-,46+/m0/s1/i/hD. The predicted octanol–water partition coefficient (Wildman–Crippen LogP) is 3.58. The molecular formula is C46H62ClN7O8. The molecule has 4 aliphatic rings. The number of Topliss-reactive ketones (excluding diaryl/α,β-unsaturated/α-hetero) is 2. The van der Waals surface area contributed by atoms with E-state index in [0.717, 1.165) is 10.9 Å². The third-order valence-electron chi connectivity index (χ3n) is 13.0. The van der Waals surface area contributed by atoms with Crippen LogP contribution in [0, 0.1) is 11.8 Å². The highest BCUT2D eigenvalue weighted by Crippen LogP contribution is 2.41. The molecular weight excluding hydrogens is 814 g/mol. The van der Waals surface area contributed by atoms with Gasteiger partial charge in [0.2, 0.25) is 23.3 Å². The van der Waals surface area contributed by atoms with Crippen LogP contribution in [-0.2, 0) is 46.5 Å². The van der Waals surface area contributed by atoms with Crippen LogP contribution in [0.1, 0.15) is 95.6 Å². The molecule has 6 rings (SSSR count). The normalized spacial score (nSPS) is 28.3. The lowest BCUT2D eigenvalue weighted by atomic mass is 9.67. The van der Waals surface area contributed by atoms with Crippen LogP contribution >= 0.6 is 11.6 Å². The number of nitrogens with zero attached hydrogens (tertiary/aromatic N) is 2. The first-order valence-electron chi connectivity index (χ1n) is 22.8. The molecule has 0 bridgehead atoms. The van der Waals surface area contributed by atoms with Crippen LogP contribution in [0.3, 0.4) is 0 Å². The Bertz CT molecular complexity index is 1990. The van der Waals surface area contributed by atoms with Gasteiger partial charge in [0.05, 0.1) is 24.0 Å². The molecule has 16 heteroatoms. The summed E-state index contributed by atoms with van der Waals surface area (Å²) in [6.07, 6.45) is 2.00. The van der Waals surface area contributed by atoms with Gasteiger partial charge in [-0.3, -0.25) is 28.8 Å². The van der Waals surface area contributed by atoms with E-state index in [9.17, 15) is 9.59 Å². The highest BCUT2D eigenvalue weighted by molar-refractivity contribution is 6.31. The second-order valence-corrected chi connectivity index (χ2v) is 17.4. The molecule has 8 atom stereocenters. The third kappa shape index (κ3) is 10.1. The van der Waals surface area contributed by atoms with Gasteiger partial charge in [-0.2, -0.15) is 0 Å². The van der Waals surface area contributed by atoms with Crippen molar-refractivity contribution in [1.29, 1.82) is 0 Å². The van der Waals surface area contributed by atoms with Crippen molar-refractivity contribution in [2.75, 3.05) is 26.2 Å². The summed E-state index contributed by atoms with van der Waals surface area (Å²) in [5, 5.41) is 10.3. The largest absolute Gasteiger partial charge is 0.444 e. The monoisotopic (exact) mass is 876 g/mol. The van der Waals surface area contributed by atoms with Gasteiger partial charge in [-0.15, -0.1) is 0 Å². The van der Waals surface area contributed by atoms with Gasteiger partial charge in [0, 0.05) is 23.6 Å². The fourth-order valence-corrected chi connectivity index (χ4v) is 9.59. The molecule has 15 nitrogen and oxygen atoms in total. The molecule has 2 aromatic carbocycles. The molecule has 4 heterocycles. The molecule has 336 valence electrons. The van der Waals surface area contributed by atoms with E-state index in [4.69, 9.17) is 23.5 Å². The van der Waals surface area contributed by atoms with Gasteiger partial charge in [-0.25, -0.2) is 9.69 Å². The Balaban J connectivity index is 1.63. The molecule has 0 spiro atoms. The summed E-state index contributed by atoms with van der Waals surface area (Å²) in [5.41, 5.74) is 4.31. The van der Waals surface area contributed by atoms with Crippen LogP contribution in [0.2, 0.25) is 6.43 Å². The van der Waals surface area contributed by atoms with E-state index in [1.807, 2.05) is 37.3 Å². The number of ether oxygens (including phenoxy) is 1. The molecule has 4 aliphatic heterocycles. The summed E-state index contributed by atoms with van der Waals surface area (Å²) < 4.78 is 14.8. The predicted molar refractivity (Wildman–Crippen MR) is 232 cm³/mol. The maximum atomic E-state index is 16.4. The van der Waals surface area contributed by atoms with Crippen molar-refractivity contribution >= 4 is 52.9 Å². The molecule has 1 unspecified atom stereocenters. The molecule has 0 aromatic heterocycles. The van der Waals surface area contributed by atoms with Crippen molar-refractivity contribution in [3.63, 3.8) is 0 Å². The van der Waals surface area contributed by atoms with Crippen LogP contribution in [0.25, 0.3) is 0 Å². The molecule has 0 saturated carbocycles. The fourth-order valence-electron chi connectivity index (χ4n) is 9.40. The SMILES string of the molecule is [2H]N1CCCC[C@H]1C(=O)N(C(=O)OCc1ccccc1Cl)[C@]1(C(=O)[C@H]2CCCCN2)C(=O)N2CCC[C@H]2C(=O)N[C@H](Cc2ccccc2)C(=O)N[C@@H]([C@@H](C)CC)C(=O)C1CCCN. The number of piperidine rings is 2. The van der Waals surface area contributed by atoms with Crippen molar-refractivity contribution in [1.82, 2.24) is 31.1 Å². The molecule has 0 aliphatic carbocycles. The van der Waals surface area contributed by atoms with E-state index in [0.29, 0.717) is 55.5 Å². The number of amides is 5. The summed E-state index contributed by atoms with van der Waals surface area (Å²) in [5.74, 6) is -7.46. The molecule has 4 saturated heterocycles. The maximum Gasteiger partial charge on any atom is 0.418 e. The zero-order valence-corrected chi connectivity index (χ0v) is 36.6. The molecule has 4 fully saturated rings. The number of carbonyl (C=O) groups excluding carboxylic acids is 7. The van der Waals surface area contributed by atoms with E-state index >= 15 is 24.0 Å². The summed E-state index contributed by atoms with van der Waals surface area (Å²) in [6, 6.07) is 9.51. The highest BCUT2D eigenvalue weighted by atomic mass is 35.5. The number of hydrogen-bond acceptors (Lipinski definition) is 11. The van der Waals surface area contributed by atoms with Crippen molar-refractivity contribution < 1.29 is 39.7 Å². The smallest absolute Gasteiger partial charge is 0.418 e. The molecule has 5 amide bonds. The number of benzene rings is 2. The minimum Gasteiger partial charge on any atom is -0.444 e. The van der Waals surface area contributed by atoms with Gasteiger partial charge in [-0.05, 0) is 88.5 Å². The van der Waals surface area contributed by atoms with Gasteiger partial charge in [0.15, 0.2) is 11.6 Å². The van der Waals surface area contributed by atoms with Crippen molar-refractivity contribution in [3.05, 3.63) is 70.7 Å². The fraction of sp³-hybridized carbons (Fsp3) is 0.587. The summed E-state index contributed by atoms with van der Waals surface area (Å²) in [6.45, 7) is 3.60. The van der Waals surface area contributed by atoms with Gasteiger partial charge in [-0.1, -0.05) is 93.2 Å². The van der Waals surface area contributed by atoms with E-state index in [1.165, 1.54) is 4.90 Å². The van der Waals surface area contributed by atoms with E-state index in [1.54, 1.807) is 31.2 Å². The van der Waals surface area contributed by atoms with Gasteiger partial charge < -0.3 is 36.6 Å². The number of ketones is 2. The highest BCUT2D eigenvalue weighted by Gasteiger charge is 2.67. The number of rotatable bonds is 13. The second kappa shape index (κ2) is 21.6. The van der Waals surface area contributed by atoms with Crippen LogP contribution in [-0.4, -0.2) is 113 Å². The van der Waals surface area contributed by atoms with Crippen molar-refractivity contribution in [3.8, 4) is 0 Å². The number of halogens is 1. The first kappa shape index (κ1) is 45.3. The van der Waals surface area contributed by atoms with E-state index in [-0.39, 0.29) is 63.2 Å². The number of fused-ring (bicyclic) bond motifs is 1. The van der Waals surface area contributed by atoms with E-state index in [2.05, 4.69) is 16.0 Å². The Hall–Kier alpha value is -4.70. The van der Waals surface area contributed by atoms with E-state index < -0.39 is 95.5 Å². The molecule has 62 heavy (non-hydrogen) atoms. The summed E-state index contributed by atoms with van der Waals surface area (Å²) in [4.78, 5) is 110. The number of imide groups is 1. The molecule has 6 N–H and O–H groups in total. The first-order valence-corrected chi connectivity index (χ1v) is 22.7. The minimum atomic E-state index is -2.96. The lowest BCUT2D eigenvalue weighted by Crippen LogP contribution is -2.77. The Morgan fingerprint density at radius 2 is 1.65 bits per heavy atom. The Labute approximate surface area is 370 Å². The van der Waals surface area contributed by atoms with Crippen LogP contribution in [0.4, 0.5) is 4.79 Å². The summed E-state index contributed by atoms with van der Waals surface area (Å²) in [7, 11) is 0. The third-order valence-corrected chi connectivity index (χ3v) is 13.4. The van der Waals surface area contributed by atoms with Gasteiger partial charge in [0.1, 0.15) is 20.1 Å². The number of hydrogen-bond donors (Lipinski definition) is 5. The Kier molecular flexibility index (Phi) is 15.8. The average Bonchev–Trinajstić information content (AvgIpc) is 3.80. The molecule has 0 radical (unpaired) electrons. The Morgan fingerprint density at radius 1 is 0.935 bits per heavy atom. The van der Waals surface area contributed by atoms with Gasteiger partial charge >= 0.3 is 6.09 Å². The topological polar surface area (TPSA) is 209 Å². The summed E-state index contributed by atoms with van der Waals surface area (Å²) >= 11 is 6.49. The molecule has 2 aromatic rings. The number of nitrogens with two attached hydrogens (primary N) is 1. The number of nitrogens with one attached hydrogen (secondary N) is 4.